The standard InChI is InChI=1S/2C36H23NO.C36H23NS/c1-2-9-24(10-3-1)25-11-8-12-28(21-25)37-33-15-6-4-13-29(33)31-22-26(17-19-34(31)37)27-18-20-36-32(23-27)30-14-5-7-16-35(30)38-36;2*1-2-8-24(9-3-1)25-14-18-28(19-15-25)37-33-12-6-4-10-29(33)31-22-26(16-20-34(31)37)27-17-21-36-32(23-27)30-11-5-7-13-35(30)38-36/h3*1-23H. The Morgan fingerprint density at radius 1 is 0.149 bits per heavy atom. The van der Waals surface area contributed by atoms with Crippen molar-refractivity contribution in [2.24, 2.45) is 0 Å². The van der Waals surface area contributed by atoms with Gasteiger partial charge in [0.2, 0.25) is 0 Å². The summed E-state index contributed by atoms with van der Waals surface area (Å²) in [6.45, 7) is 0. The Labute approximate surface area is 661 Å². The topological polar surface area (TPSA) is 41.1 Å². The molecule has 0 aliphatic rings. The molecule has 0 aliphatic carbocycles. The van der Waals surface area contributed by atoms with Gasteiger partial charge in [0.1, 0.15) is 22.3 Å². The van der Waals surface area contributed by atoms with Crippen LogP contribution in [0.1, 0.15) is 0 Å². The Bertz CT molecular complexity index is 7520. The third-order valence-corrected chi connectivity index (χ3v) is 24.0. The summed E-state index contributed by atoms with van der Waals surface area (Å²) in [5.41, 5.74) is 29.1. The number of aromatic nitrogens is 3. The van der Waals surface area contributed by atoms with Gasteiger partial charge in [-0.15, -0.1) is 11.3 Å². The zero-order chi connectivity index (χ0) is 75.2. The molecule has 6 aromatic heterocycles. The molecule has 0 amide bonds. The maximum absolute atomic E-state index is 6.06. The van der Waals surface area contributed by atoms with Crippen molar-refractivity contribution in [1.29, 1.82) is 0 Å². The summed E-state index contributed by atoms with van der Waals surface area (Å²) in [7, 11) is 0. The van der Waals surface area contributed by atoms with Crippen molar-refractivity contribution < 1.29 is 8.83 Å². The van der Waals surface area contributed by atoms with Gasteiger partial charge in [-0.05, 0) is 212 Å². The van der Waals surface area contributed by atoms with Crippen LogP contribution in [0.5, 0.6) is 0 Å². The second-order valence-electron chi connectivity index (χ2n) is 29.4. The van der Waals surface area contributed by atoms with Crippen LogP contribution in [-0.4, -0.2) is 13.7 Å². The number of rotatable bonds is 9. The van der Waals surface area contributed by atoms with E-state index in [1.54, 1.807) is 0 Å². The third-order valence-electron chi connectivity index (χ3n) is 22.8. The predicted octanol–water partition coefficient (Wildman–Crippen LogP) is 30.5. The maximum atomic E-state index is 6.06. The van der Waals surface area contributed by atoms with Crippen molar-refractivity contribution in [3.05, 3.63) is 419 Å². The van der Waals surface area contributed by atoms with Crippen molar-refractivity contribution in [2.45, 2.75) is 0 Å². The van der Waals surface area contributed by atoms with Gasteiger partial charge in [-0.1, -0.05) is 273 Å². The first-order chi connectivity index (χ1) is 56.5. The fraction of sp³-hybridized carbons (Fsp3) is 0. The van der Waals surface area contributed by atoms with E-state index in [-0.39, 0.29) is 0 Å². The predicted molar refractivity (Wildman–Crippen MR) is 482 cm³/mol. The number of hydrogen-bond donors (Lipinski definition) is 0. The molecule has 0 saturated carbocycles. The summed E-state index contributed by atoms with van der Waals surface area (Å²) in [6, 6.07) is 150. The Balaban J connectivity index is 0.000000104. The van der Waals surface area contributed by atoms with Crippen LogP contribution in [0, 0.1) is 0 Å². The molecule has 0 unspecified atom stereocenters. The average Bonchev–Trinajstić information content (AvgIpc) is 1.60. The van der Waals surface area contributed by atoms with E-state index in [1.165, 1.54) is 158 Å². The first-order valence-corrected chi connectivity index (χ1v) is 39.6. The van der Waals surface area contributed by atoms with Gasteiger partial charge in [-0.2, -0.15) is 0 Å². The third kappa shape index (κ3) is 11.5. The van der Waals surface area contributed by atoms with E-state index < -0.39 is 0 Å². The van der Waals surface area contributed by atoms with E-state index >= 15 is 0 Å². The van der Waals surface area contributed by atoms with Gasteiger partial charge in [-0.25, -0.2) is 0 Å². The zero-order valence-electron chi connectivity index (χ0n) is 61.9. The number of benzene rings is 18. The normalized spacial score (nSPS) is 11.7. The van der Waals surface area contributed by atoms with Gasteiger partial charge in [-0.3, -0.25) is 0 Å². The number of furan rings is 2. The molecule has 24 aromatic rings. The van der Waals surface area contributed by atoms with E-state index in [9.17, 15) is 0 Å². The van der Waals surface area contributed by atoms with E-state index in [0.717, 1.165) is 55.3 Å². The lowest BCUT2D eigenvalue weighted by atomic mass is 10.0. The van der Waals surface area contributed by atoms with Gasteiger partial charge >= 0.3 is 0 Å². The van der Waals surface area contributed by atoms with E-state index in [2.05, 4.69) is 408 Å². The minimum atomic E-state index is 0.922. The fourth-order valence-corrected chi connectivity index (χ4v) is 18.4. The fourth-order valence-electron chi connectivity index (χ4n) is 17.3. The van der Waals surface area contributed by atoms with Gasteiger partial charge in [0.05, 0.1) is 33.1 Å². The highest BCUT2D eigenvalue weighted by Crippen LogP contribution is 2.44. The highest BCUT2D eigenvalue weighted by molar-refractivity contribution is 7.25. The quantitative estimate of drug-likeness (QED) is 0.145. The van der Waals surface area contributed by atoms with E-state index in [4.69, 9.17) is 8.83 Å². The summed E-state index contributed by atoms with van der Waals surface area (Å²) in [5, 5.41) is 14.9. The molecule has 114 heavy (non-hydrogen) atoms. The van der Waals surface area contributed by atoms with Crippen molar-refractivity contribution in [3.63, 3.8) is 0 Å². The average molecular weight is 1470 g/mol. The summed E-state index contributed by atoms with van der Waals surface area (Å²) < 4.78 is 21.9. The zero-order valence-corrected chi connectivity index (χ0v) is 62.7. The molecular weight excluding hydrogens is 1400 g/mol. The SMILES string of the molecule is c1ccc(-c2ccc(-n3c4ccccc4c4cc(-c5ccc6oc7ccccc7c6c5)ccc43)cc2)cc1.c1ccc(-c2ccc(-n3c4ccccc4c4cc(-c5ccc6sc7ccccc7c6c5)ccc43)cc2)cc1.c1ccc(-c2cccc(-n3c4ccccc4c4cc(-c5ccc6oc7ccccc7c6c5)ccc43)c2)cc1. The molecule has 0 aliphatic heterocycles. The van der Waals surface area contributed by atoms with Crippen LogP contribution in [0.3, 0.4) is 0 Å². The number of nitrogens with zero attached hydrogens (tertiary/aromatic N) is 3. The molecule has 0 fully saturated rings. The minimum absolute atomic E-state index is 0.922. The van der Waals surface area contributed by atoms with Crippen LogP contribution in [0.15, 0.2) is 427 Å². The Hall–Kier alpha value is -14.8. The van der Waals surface area contributed by atoms with Crippen molar-refractivity contribution in [2.75, 3.05) is 0 Å². The van der Waals surface area contributed by atoms with Crippen LogP contribution < -0.4 is 0 Å². The first-order valence-electron chi connectivity index (χ1n) is 38.8. The number of fused-ring (bicyclic) bond motifs is 18. The van der Waals surface area contributed by atoms with Crippen LogP contribution in [-0.2, 0) is 0 Å². The summed E-state index contributed by atoms with van der Waals surface area (Å²) >= 11 is 1.87. The minimum Gasteiger partial charge on any atom is -0.456 e. The van der Waals surface area contributed by atoms with Gasteiger partial charge in [0.25, 0.3) is 0 Å². The van der Waals surface area contributed by atoms with E-state index in [0.29, 0.717) is 0 Å². The van der Waals surface area contributed by atoms with Gasteiger partial charge in [0.15, 0.2) is 0 Å². The molecule has 6 heteroatoms. The van der Waals surface area contributed by atoms with Crippen molar-refractivity contribution in [3.8, 4) is 83.8 Å². The molecule has 0 radical (unpaired) electrons. The van der Waals surface area contributed by atoms with Gasteiger partial charge < -0.3 is 22.5 Å². The molecule has 0 bridgehead atoms. The molecule has 534 valence electrons. The molecule has 6 heterocycles. The van der Waals surface area contributed by atoms with Gasteiger partial charge in [0, 0.05) is 91.1 Å². The lowest BCUT2D eigenvalue weighted by Gasteiger charge is -2.11. The second-order valence-corrected chi connectivity index (χ2v) is 30.5. The second kappa shape index (κ2) is 27.6. The number of thiophene rings is 1. The Morgan fingerprint density at radius 3 is 0.877 bits per heavy atom. The van der Waals surface area contributed by atoms with Crippen LogP contribution >= 0.6 is 11.3 Å². The largest absolute Gasteiger partial charge is 0.456 e. The molecule has 0 spiro atoms. The van der Waals surface area contributed by atoms with Crippen molar-refractivity contribution in [1.82, 2.24) is 13.7 Å². The summed E-state index contributed by atoms with van der Waals surface area (Å²) in [4.78, 5) is 0. The number of para-hydroxylation sites is 5. The molecule has 0 saturated heterocycles. The first kappa shape index (κ1) is 66.2. The molecule has 5 nitrogen and oxygen atoms in total. The molecular formula is C108H69N3O2S. The monoisotopic (exact) mass is 1470 g/mol. The summed E-state index contributed by atoms with van der Waals surface area (Å²) in [6.07, 6.45) is 0. The Kier molecular flexibility index (Phi) is 16.0. The smallest absolute Gasteiger partial charge is 0.135 e. The van der Waals surface area contributed by atoms with Crippen LogP contribution in [0.2, 0.25) is 0 Å². The molecule has 0 N–H and O–H groups in total. The van der Waals surface area contributed by atoms with Crippen LogP contribution in [0.4, 0.5) is 0 Å². The highest BCUT2D eigenvalue weighted by atomic mass is 32.1. The Morgan fingerprint density at radius 2 is 0.430 bits per heavy atom. The number of hydrogen-bond acceptors (Lipinski definition) is 3. The molecule has 24 rings (SSSR count). The lowest BCUT2D eigenvalue weighted by Crippen LogP contribution is -1.94. The molecule has 18 aromatic carbocycles. The summed E-state index contributed by atoms with van der Waals surface area (Å²) in [5.74, 6) is 0. The maximum Gasteiger partial charge on any atom is 0.135 e. The lowest BCUT2D eigenvalue weighted by molar-refractivity contribution is 0.668. The highest BCUT2D eigenvalue weighted by Gasteiger charge is 2.20. The van der Waals surface area contributed by atoms with E-state index in [1.807, 2.05) is 35.6 Å². The van der Waals surface area contributed by atoms with Crippen LogP contribution in [0.25, 0.3) is 213 Å². The molecule has 0 atom stereocenters. The van der Waals surface area contributed by atoms with Crippen molar-refractivity contribution >= 4 is 141 Å².